The molecule has 1 saturated heterocycles. The van der Waals surface area contributed by atoms with E-state index in [-0.39, 0.29) is 11.5 Å². The van der Waals surface area contributed by atoms with Gasteiger partial charge in [0.15, 0.2) is 0 Å². The molecule has 0 saturated carbocycles. The number of ether oxygens (including phenoxy) is 1. The van der Waals surface area contributed by atoms with E-state index in [1.54, 1.807) is 13.2 Å². The Hall–Kier alpha value is -1.26. The number of rotatable bonds is 3. The molecular formula is C16H26N2O2. The molecule has 20 heavy (non-hydrogen) atoms. The number of phenolic OH excluding ortho intramolecular Hbond substituents is 1. The van der Waals surface area contributed by atoms with E-state index in [2.05, 4.69) is 31.0 Å². The molecule has 0 aromatic heterocycles. The lowest BCUT2D eigenvalue weighted by molar-refractivity contribution is 0.0842. The van der Waals surface area contributed by atoms with Crippen LogP contribution in [-0.2, 0) is 0 Å². The highest BCUT2D eigenvalue weighted by molar-refractivity contribution is 5.42. The molecule has 0 amide bonds. The second kappa shape index (κ2) is 6.02. The first-order chi connectivity index (χ1) is 9.43. The van der Waals surface area contributed by atoms with Gasteiger partial charge in [0.05, 0.1) is 7.11 Å². The Labute approximate surface area is 121 Å². The van der Waals surface area contributed by atoms with Crippen LogP contribution in [0.3, 0.4) is 0 Å². The van der Waals surface area contributed by atoms with Crippen molar-refractivity contribution in [2.75, 3.05) is 33.3 Å². The number of benzene rings is 1. The largest absolute Gasteiger partial charge is 0.507 e. The number of nitrogens with zero attached hydrogens (tertiary/aromatic N) is 1. The van der Waals surface area contributed by atoms with E-state index in [4.69, 9.17) is 4.74 Å². The Balaban J connectivity index is 2.35. The van der Waals surface area contributed by atoms with Gasteiger partial charge in [0, 0.05) is 43.9 Å². The minimum atomic E-state index is 0.0589. The van der Waals surface area contributed by atoms with Crippen LogP contribution in [0.4, 0.5) is 0 Å². The van der Waals surface area contributed by atoms with E-state index in [1.807, 2.05) is 12.1 Å². The molecule has 2 N–H and O–H groups in total. The molecule has 4 nitrogen and oxygen atoms in total. The van der Waals surface area contributed by atoms with E-state index in [0.717, 1.165) is 31.7 Å². The predicted octanol–water partition coefficient (Wildman–Crippen LogP) is 2.39. The first kappa shape index (κ1) is 15.1. The molecule has 1 heterocycles. The second-order valence-electron chi connectivity index (χ2n) is 6.48. The summed E-state index contributed by atoms with van der Waals surface area (Å²) in [6.07, 6.45) is 0. The van der Waals surface area contributed by atoms with Gasteiger partial charge < -0.3 is 15.2 Å². The normalized spacial score (nSPS) is 18.8. The van der Waals surface area contributed by atoms with Crippen molar-refractivity contribution in [3.63, 3.8) is 0 Å². The van der Waals surface area contributed by atoms with Gasteiger partial charge in [-0.1, -0.05) is 26.8 Å². The quantitative estimate of drug-likeness (QED) is 0.891. The second-order valence-corrected chi connectivity index (χ2v) is 6.48. The molecule has 0 radical (unpaired) electrons. The third-order valence-electron chi connectivity index (χ3n) is 3.87. The minimum Gasteiger partial charge on any atom is -0.507 e. The Bertz CT molecular complexity index is 448. The van der Waals surface area contributed by atoms with Crippen LogP contribution < -0.4 is 10.1 Å². The zero-order valence-corrected chi connectivity index (χ0v) is 12.9. The number of hydrogen-bond donors (Lipinski definition) is 2. The standard InChI is InChI=1S/C16H26N2O2/c1-16(2,3)15(18-9-7-17-8-10-18)13-6-5-12(20-4)11-14(13)19/h5-6,11,15,17,19H,7-10H2,1-4H3/t15-/m1/s1. The smallest absolute Gasteiger partial charge is 0.124 e. The Kier molecular flexibility index (Phi) is 4.55. The van der Waals surface area contributed by atoms with E-state index in [9.17, 15) is 5.11 Å². The molecule has 2 rings (SSSR count). The van der Waals surface area contributed by atoms with Crippen LogP contribution >= 0.6 is 0 Å². The first-order valence-electron chi connectivity index (χ1n) is 7.25. The highest BCUT2D eigenvalue weighted by Gasteiger charge is 2.34. The van der Waals surface area contributed by atoms with Crippen LogP contribution in [0.15, 0.2) is 18.2 Å². The lowest BCUT2D eigenvalue weighted by atomic mass is 9.80. The van der Waals surface area contributed by atoms with E-state index >= 15 is 0 Å². The fraction of sp³-hybridized carbons (Fsp3) is 0.625. The molecule has 1 aromatic carbocycles. The monoisotopic (exact) mass is 278 g/mol. The third kappa shape index (κ3) is 3.25. The van der Waals surface area contributed by atoms with Crippen LogP contribution in [0.5, 0.6) is 11.5 Å². The molecule has 112 valence electrons. The summed E-state index contributed by atoms with van der Waals surface area (Å²) in [4.78, 5) is 2.46. The fourth-order valence-corrected chi connectivity index (χ4v) is 3.03. The predicted molar refractivity (Wildman–Crippen MR) is 81.3 cm³/mol. The number of phenols is 1. The maximum absolute atomic E-state index is 10.4. The van der Waals surface area contributed by atoms with Crippen LogP contribution in [0.25, 0.3) is 0 Å². The van der Waals surface area contributed by atoms with Crippen molar-refractivity contribution in [3.8, 4) is 11.5 Å². The summed E-state index contributed by atoms with van der Waals surface area (Å²) in [6.45, 7) is 10.7. The average Bonchev–Trinajstić information content (AvgIpc) is 2.40. The summed E-state index contributed by atoms with van der Waals surface area (Å²) in [5.74, 6) is 1.02. The maximum atomic E-state index is 10.4. The zero-order chi connectivity index (χ0) is 14.8. The molecule has 0 aliphatic carbocycles. The molecule has 1 aliphatic rings. The molecule has 1 aromatic rings. The van der Waals surface area contributed by atoms with Gasteiger partial charge in [0.2, 0.25) is 0 Å². The van der Waals surface area contributed by atoms with Gasteiger partial charge in [-0.3, -0.25) is 4.90 Å². The number of nitrogens with one attached hydrogen (secondary N) is 1. The summed E-state index contributed by atoms with van der Waals surface area (Å²) < 4.78 is 5.18. The summed E-state index contributed by atoms with van der Waals surface area (Å²) in [5.41, 5.74) is 1.05. The van der Waals surface area contributed by atoms with Gasteiger partial charge in [-0.2, -0.15) is 0 Å². The lowest BCUT2D eigenvalue weighted by Gasteiger charge is -2.42. The highest BCUT2D eigenvalue weighted by atomic mass is 16.5. The minimum absolute atomic E-state index is 0.0589. The van der Waals surface area contributed by atoms with Crippen LogP contribution in [0, 0.1) is 5.41 Å². The topological polar surface area (TPSA) is 44.7 Å². The molecule has 4 heteroatoms. The number of aromatic hydroxyl groups is 1. The summed E-state index contributed by atoms with van der Waals surface area (Å²) in [6, 6.07) is 5.83. The SMILES string of the molecule is COc1ccc([C@@H](N2CCNCC2)C(C)(C)C)c(O)c1. The van der Waals surface area contributed by atoms with Crippen molar-refractivity contribution in [3.05, 3.63) is 23.8 Å². The Morgan fingerprint density at radius 1 is 1.25 bits per heavy atom. The van der Waals surface area contributed by atoms with Gasteiger partial charge >= 0.3 is 0 Å². The number of methoxy groups -OCH3 is 1. The zero-order valence-electron chi connectivity index (χ0n) is 12.9. The third-order valence-corrected chi connectivity index (χ3v) is 3.87. The molecule has 0 bridgehead atoms. The van der Waals surface area contributed by atoms with Crippen molar-refractivity contribution >= 4 is 0 Å². The van der Waals surface area contributed by atoms with Gasteiger partial charge in [-0.05, 0) is 11.5 Å². The van der Waals surface area contributed by atoms with Crippen molar-refractivity contribution in [1.82, 2.24) is 10.2 Å². The average molecular weight is 278 g/mol. The van der Waals surface area contributed by atoms with Crippen LogP contribution in [0.2, 0.25) is 0 Å². The van der Waals surface area contributed by atoms with Crippen molar-refractivity contribution in [2.45, 2.75) is 26.8 Å². The molecule has 1 aliphatic heterocycles. The summed E-state index contributed by atoms with van der Waals surface area (Å²) >= 11 is 0. The Morgan fingerprint density at radius 2 is 1.90 bits per heavy atom. The van der Waals surface area contributed by atoms with Gasteiger partial charge in [-0.15, -0.1) is 0 Å². The van der Waals surface area contributed by atoms with Crippen molar-refractivity contribution in [1.29, 1.82) is 0 Å². The molecule has 1 fully saturated rings. The molecule has 1 atom stereocenters. The molecule has 0 spiro atoms. The maximum Gasteiger partial charge on any atom is 0.124 e. The summed E-state index contributed by atoms with van der Waals surface area (Å²) in [5, 5.41) is 13.7. The van der Waals surface area contributed by atoms with Gasteiger partial charge in [0.1, 0.15) is 11.5 Å². The molecule has 0 unspecified atom stereocenters. The van der Waals surface area contributed by atoms with E-state index in [1.165, 1.54) is 0 Å². The van der Waals surface area contributed by atoms with Crippen LogP contribution in [0.1, 0.15) is 32.4 Å². The van der Waals surface area contributed by atoms with Crippen molar-refractivity contribution < 1.29 is 9.84 Å². The summed E-state index contributed by atoms with van der Waals surface area (Å²) in [7, 11) is 1.62. The Morgan fingerprint density at radius 3 is 2.40 bits per heavy atom. The fourth-order valence-electron chi connectivity index (χ4n) is 3.03. The number of piperazine rings is 1. The van der Waals surface area contributed by atoms with E-state index in [0.29, 0.717) is 11.5 Å². The van der Waals surface area contributed by atoms with Gasteiger partial charge in [0.25, 0.3) is 0 Å². The van der Waals surface area contributed by atoms with Crippen molar-refractivity contribution in [2.24, 2.45) is 5.41 Å². The first-order valence-corrected chi connectivity index (χ1v) is 7.25. The van der Waals surface area contributed by atoms with Crippen LogP contribution in [-0.4, -0.2) is 43.3 Å². The highest BCUT2D eigenvalue weighted by Crippen LogP contribution is 2.42. The lowest BCUT2D eigenvalue weighted by Crippen LogP contribution is -2.48. The molecular weight excluding hydrogens is 252 g/mol. The van der Waals surface area contributed by atoms with E-state index < -0.39 is 0 Å². The number of hydrogen-bond acceptors (Lipinski definition) is 4. The van der Waals surface area contributed by atoms with Gasteiger partial charge in [-0.25, -0.2) is 0 Å².